The van der Waals surface area contributed by atoms with Gasteiger partial charge in [0, 0.05) is 49.6 Å². The highest BCUT2D eigenvalue weighted by molar-refractivity contribution is 6.13. The van der Waals surface area contributed by atoms with Crippen LogP contribution in [0.3, 0.4) is 0 Å². The summed E-state index contributed by atoms with van der Waals surface area (Å²) in [6, 6.07) is 44.1. The van der Waals surface area contributed by atoms with Crippen LogP contribution in [0.5, 0.6) is 0 Å². The van der Waals surface area contributed by atoms with Crippen molar-refractivity contribution in [2.75, 3.05) is 0 Å². The summed E-state index contributed by atoms with van der Waals surface area (Å²) in [4.78, 5) is 104. The van der Waals surface area contributed by atoms with Crippen LogP contribution in [-0.4, -0.2) is 50.2 Å². The number of nitrogens with one attached hydrogen (secondary N) is 3. The first-order valence-corrected chi connectivity index (χ1v) is 20.1. The summed E-state index contributed by atoms with van der Waals surface area (Å²) in [6.45, 7) is 0. The summed E-state index contributed by atoms with van der Waals surface area (Å²) in [6.07, 6.45) is -0.203. The Morgan fingerprint density at radius 3 is 1.14 bits per heavy atom. The van der Waals surface area contributed by atoms with Crippen molar-refractivity contribution >= 4 is 52.5 Å². The fourth-order valence-corrected chi connectivity index (χ4v) is 8.58. The van der Waals surface area contributed by atoms with E-state index in [4.69, 9.17) is 0 Å². The zero-order chi connectivity index (χ0) is 47.2. The van der Waals surface area contributed by atoms with Gasteiger partial charge in [-0.3, -0.25) is 75.1 Å². The van der Waals surface area contributed by atoms with Gasteiger partial charge in [-0.15, -0.1) is 0 Å². The highest BCUT2D eigenvalue weighted by Crippen LogP contribution is 2.44. The van der Waals surface area contributed by atoms with Crippen LogP contribution in [0.4, 0.5) is 17.1 Å². The lowest BCUT2D eigenvalue weighted by Crippen LogP contribution is -2.37. The number of carbonyl (C=O) groups excluding carboxylic acids is 6. The van der Waals surface area contributed by atoms with Gasteiger partial charge in [-0.05, 0) is 27.8 Å². The third-order valence-electron chi connectivity index (χ3n) is 11.7. The van der Waals surface area contributed by atoms with E-state index in [0.717, 1.165) is 0 Å². The van der Waals surface area contributed by atoms with E-state index in [1.165, 1.54) is 60.7 Å². The van der Waals surface area contributed by atoms with Gasteiger partial charge in [-0.1, -0.05) is 133 Å². The molecule has 0 radical (unpaired) electrons. The van der Waals surface area contributed by atoms with E-state index in [1.54, 1.807) is 97.1 Å². The average Bonchev–Trinajstić information content (AvgIpc) is 3.94. The number of rotatable bonds is 9. The van der Waals surface area contributed by atoms with Gasteiger partial charge in [0.05, 0.1) is 20.3 Å². The smallest absolute Gasteiger partial charge is 0.274 e. The first kappa shape index (κ1) is 45.0. The van der Waals surface area contributed by atoms with Crippen LogP contribution in [0.1, 0.15) is 52.6 Å². The third kappa shape index (κ3) is 8.28. The van der Waals surface area contributed by atoms with Gasteiger partial charge in [0.15, 0.2) is 0 Å². The average molecular weight is 889 g/mol. The molecule has 0 spiro atoms. The molecule has 18 heteroatoms. The number of imide groups is 3. The Labute approximate surface area is 374 Å². The van der Waals surface area contributed by atoms with Crippen LogP contribution in [0, 0.1) is 30.3 Å². The maximum atomic E-state index is 12.5. The van der Waals surface area contributed by atoms with E-state index in [2.05, 4.69) is 16.0 Å². The lowest BCUT2D eigenvalue weighted by molar-refractivity contribution is -0.385. The Morgan fingerprint density at radius 1 is 0.364 bits per heavy atom. The number of hydrogen-bond donors (Lipinski definition) is 3. The quantitative estimate of drug-likeness (QED) is 0.0886. The van der Waals surface area contributed by atoms with Gasteiger partial charge in [0.25, 0.3) is 17.1 Å². The van der Waals surface area contributed by atoms with Crippen LogP contribution >= 0.6 is 0 Å². The molecule has 3 atom stereocenters. The molecule has 330 valence electrons. The van der Waals surface area contributed by atoms with Crippen LogP contribution < -0.4 is 16.0 Å². The molecule has 3 heterocycles. The molecule has 3 unspecified atom stereocenters. The fourth-order valence-electron chi connectivity index (χ4n) is 8.58. The highest BCUT2D eigenvalue weighted by Gasteiger charge is 2.53. The van der Waals surface area contributed by atoms with Crippen molar-refractivity contribution in [3.05, 3.63) is 228 Å². The van der Waals surface area contributed by atoms with Crippen molar-refractivity contribution in [3.63, 3.8) is 0 Å². The van der Waals surface area contributed by atoms with Crippen molar-refractivity contribution in [2.45, 2.75) is 35.5 Å². The van der Waals surface area contributed by atoms with Crippen molar-refractivity contribution in [1.82, 2.24) is 16.0 Å². The van der Waals surface area contributed by atoms with Gasteiger partial charge in [-0.2, -0.15) is 0 Å². The second-order valence-corrected chi connectivity index (χ2v) is 15.4. The molecule has 6 aromatic carbocycles. The zero-order valence-corrected chi connectivity index (χ0v) is 34.5. The standard InChI is InChI=1S/3C16H12N2O4/c19-14-10-16(15(20)17-14,11-6-2-1-3-7-11)12-8-4-5-9-13(12)18(21)22;19-14-10-16(15(20)17-14,11-5-2-1-3-6-11)12-7-4-8-13(9-12)18(21)22;19-14-10-16(15(20)17-14,11-4-2-1-3-5-11)12-6-8-13(9-7-12)18(21)22/h3*1-9H,10H2,(H,17,19,20). The Bertz CT molecular complexity index is 2930. The summed E-state index contributed by atoms with van der Waals surface area (Å²) < 4.78 is 0. The topological polar surface area (TPSA) is 268 Å². The molecule has 66 heavy (non-hydrogen) atoms. The van der Waals surface area contributed by atoms with E-state index in [1.807, 2.05) is 6.07 Å². The Balaban J connectivity index is 0.000000147. The molecule has 3 aliphatic heterocycles. The van der Waals surface area contributed by atoms with E-state index >= 15 is 0 Å². The number of hydrogen-bond acceptors (Lipinski definition) is 12. The number of amides is 6. The molecule has 18 nitrogen and oxygen atoms in total. The Hall–Kier alpha value is -9.06. The molecule has 0 aromatic heterocycles. The fraction of sp³-hybridized carbons (Fsp3) is 0.125. The van der Waals surface area contributed by atoms with E-state index < -0.39 is 54.6 Å². The Kier molecular flexibility index (Phi) is 12.5. The number of benzene rings is 6. The number of carbonyl (C=O) groups is 6. The summed E-state index contributed by atoms with van der Waals surface area (Å²) >= 11 is 0. The van der Waals surface area contributed by atoms with Gasteiger partial charge in [-0.25, -0.2) is 0 Å². The highest BCUT2D eigenvalue weighted by atomic mass is 16.6. The number of para-hydroxylation sites is 1. The van der Waals surface area contributed by atoms with Crippen LogP contribution in [0.15, 0.2) is 164 Å². The second-order valence-electron chi connectivity index (χ2n) is 15.4. The lowest BCUT2D eigenvalue weighted by Gasteiger charge is -2.26. The summed E-state index contributed by atoms with van der Waals surface area (Å²) in [5.74, 6) is -2.57. The molecule has 6 aromatic rings. The molecule has 0 aliphatic carbocycles. The minimum Gasteiger partial charge on any atom is -0.295 e. The van der Waals surface area contributed by atoms with Gasteiger partial charge < -0.3 is 0 Å². The first-order chi connectivity index (χ1) is 31.6. The normalized spacial score (nSPS) is 20.7. The molecule has 3 fully saturated rings. The number of nitrogens with zero attached hydrogens (tertiary/aromatic N) is 3. The zero-order valence-electron chi connectivity index (χ0n) is 34.5. The predicted octanol–water partition coefficient (Wildman–Crippen LogP) is 5.78. The first-order valence-electron chi connectivity index (χ1n) is 20.1. The van der Waals surface area contributed by atoms with Gasteiger partial charge in [0.2, 0.25) is 35.4 Å². The van der Waals surface area contributed by atoms with E-state index in [9.17, 15) is 59.1 Å². The van der Waals surface area contributed by atoms with Gasteiger partial charge >= 0.3 is 0 Å². The number of nitro benzene ring substituents is 3. The van der Waals surface area contributed by atoms with E-state index in [0.29, 0.717) is 27.8 Å². The van der Waals surface area contributed by atoms with Crippen molar-refractivity contribution in [2.24, 2.45) is 0 Å². The van der Waals surface area contributed by atoms with Gasteiger partial charge in [0.1, 0.15) is 16.2 Å². The molecular weight excluding hydrogens is 853 g/mol. The molecule has 3 N–H and O–H groups in total. The number of nitro groups is 3. The van der Waals surface area contributed by atoms with Crippen molar-refractivity contribution in [3.8, 4) is 0 Å². The minimum atomic E-state index is -1.36. The largest absolute Gasteiger partial charge is 0.295 e. The molecule has 0 saturated carbocycles. The van der Waals surface area contributed by atoms with Crippen molar-refractivity contribution < 1.29 is 43.5 Å². The van der Waals surface area contributed by atoms with Crippen LogP contribution in [-0.2, 0) is 45.0 Å². The lowest BCUT2D eigenvalue weighted by atomic mass is 9.72. The molecule has 6 amide bonds. The maximum Gasteiger partial charge on any atom is 0.274 e. The third-order valence-corrected chi connectivity index (χ3v) is 11.7. The van der Waals surface area contributed by atoms with Crippen molar-refractivity contribution in [1.29, 1.82) is 0 Å². The molecule has 3 aliphatic rings. The molecule has 9 rings (SSSR count). The summed E-state index contributed by atoms with van der Waals surface area (Å²) in [7, 11) is 0. The minimum absolute atomic E-state index is 0.00629. The number of non-ortho nitro benzene ring substituents is 2. The van der Waals surface area contributed by atoms with E-state index in [-0.39, 0.29) is 53.7 Å². The second kappa shape index (κ2) is 18.3. The summed E-state index contributed by atoms with van der Waals surface area (Å²) in [5.41, 5.74) is -0.926. The monoisotopic (exact) mass is 888 g/mol. The molecular formula is C48H36N6O12. The Morgan fingerprint density at radius 2 is 0.727 bits per heavy atom. The summed E-state index contributed by atoms with van der Waals surface area (Å²) in [5, 5.41) is 40.0. The maximum absolute atomic E-state index is 12.5. The van der Waals surface area contributed by atoms with Crippen LogP contribution in [0.2, 0.25) is 0 Å². The predicted molar refractivity (Wildman–Crippen MR) is 234 cm³/mol. The molecule has 3 saturated heterocycles. The van der Waals surface area contributed by atoms with Crippen LogP contribution in [0.25, 0.3) is 0 Å². The molecule has 0 bridgehead atoms. The SMILES string of the molecule is O=C1CC(c2ccccc2)(c2ccc([N+](=O)[O-])cc2)C(=O)N1.O=C1CC(c2ccccc2)(c2cccc([N+](=O)[O-])c2)C(=O)N1.O=C1CC(c2ccccc2)(c2ccccc2[N+](=O)[O-])C(=O)N1.